The Morgan fingerprint density at radius 3 is 2.25 bits per heavy atom. The van der Waals surface area contributed by atoms with Crippen molar-refractivity contribution < 1.29 is 40.6 Å². The number of ether oxygens (including phenoxy) is 2. The molecule has 0 aliphatic carbocycles. The summed E-state index contributed by atoms with van der Waals surface area (Å²) in [5, 5.41) is 0. The summed E-state index contributed by atoms with van der Waals surface area (Å²) in [4.78, 5) is 24.9. The lowest BCUT2D eigenvalue weighted by atomic mass is 10.1. The summed E-state index contributed by atoms with van der Waals surface area (Å²) < 4.78 is 62.1. The molecular weight excluding hydrogens is 355 g/mol. The molecule has 1 aliphatic heterocycles. The van der Waals surface area contributed by atoms with E-state index in [9.17, 15) is 27.0 Å². The SMILES string of the molecule is COC(=O)C1=C(OS(=O)C(F)(F)F)CCN(C(=O)OC(C)(C)C)C1. The summed E-state index contributed by atoms with van der Waals surface area (Å²) >= 11 is -3.61. The van der Waals surface area contributed by atoms with Gasteiger partial charge in [0, 0.05) is 13.0 Å². The van der Waals surface area contributed by atoms with Gasteiger partial charge >= 0.3 is 28.7 Å². The topological polar surface area (TPSA) is 82.1 Å². The van der Waals surface area contributed by atoms with Gasteiger partial charge in [-0.2, -0.15) is 13.2 Å². The van der Waals surface area contributed by atoms with E-state index in [2.05, 4.69) is 8.92 Å². The first-order valence-electron chi connectivity index (χ1n) is 6.80. The molecule has 1 rings (SSSR count). The molecule has 138 valence electrons. The fourth-order valence-corrected chi connectivity index (χ4v) is 2.22. The lowest BCUT2D eigenvalue weighted by Gasteiger charge is -2.31. The van der Waals surface area contributed by atoms with E-state index in [0.29, 0.717) is 0 Å². The van der Waals surface area contributed by atoms with Crippen molar-refractivity contribution in [3.63, 3.8) is 0 Å². The third-order valence-corrected chi connectivity index (χ3v) is 3.47. The Kier molecular flexibility index (Phi) is 6.26. The minimum Gasteiger partial charge on any atom is -0.466 e. The van der Waals surface area contributed by atoms with E-state index < -0.39 is 40.0 Å². The Labute approximate surface area is 139 Å². The smallest absolute Gasteiger partial charge is 0.466 e. The molecule has 0 saturated carbocycles. The summed E-state index contributed by atoms with van der Waals surface area (Å²) in [7, 11) is 1.03. The second-order valence-electron chi connectivity index (χ2n) is 5.81. The van der Waals surface area contributed by atoms with Crippen LogP contribution in [-0.4, -0.2) is 52.5 Å². The van der Waals surface area contributed by atoms with Crippen molar-refractivity contribution in [3.8, 4) is 0 Å². The first-order chi connectivity index (χ1) is 10.8. The largest absolute Gasteiger partial charge is 0.508 e. The normalized spacial score (nSPS) is 17.4. The third kappa shape index (κ3) is 5.69. The van der Waals surface area contributed by atoms with Crippen LogP contribution in [0.2, 0.25) is 0 Å². The van der Waals surface area contributed by atoms with Crippen LogP contribution in [0.25, 0.3) is 0 Å². The molecule has 0 aromatic heterocycles. The Bertz CT molecular complexity index is 567. The fraction of sp³-hybridized carbons (Fsp3) is 0.692. The highest BCUT2D eigenvalue weighted by Gasteiger charge is 2.42. The van der Waals surface area contributed by atoms with E-state index in [0.717, 1.165) is 12.0 Å². The second-order valence-corrected chi connectivity index (χ2v) is 6.91. The van der Waals surface area contributed by atoms with Gasteiger partial charge in [-0.1, -0.05) is 0 Å². The number of hydrogen-bond donors (Lipinski definition) is 0. The van der Waals surface area contributed by atoms with E-state index in [1.54, 1.807) is 20.8 Å². The molecule has 1 heterocycles. The maximum absolute atomic E-state index is 12.4. The van der Waals surface area contributed by atoms with Gasteiger partial charge in [0.15, 0.2) is 0 Å². The zero-order valence-corrected chi connectivity index (χ0v) is 14.4. The van der Waals surface area contributed by atoms with Gasteiger partial charge in [-0.05, 0) is 20.8 Å². The highest BCUT2D eigenvalue weighted by Crippen LogP contribution is 2.28. The first kappa shape index (κ1) is 20.3. The molecule has 0 bridgehead atoms. The highest BCUT2D eigenvalue weighted by atomic mass is 32.2. The average molecular weight is 373 g/mol. The molecule has 24 heavy (non-hydrogen) atoms. The standard InChI is InChI=1S/C13H18F3NO6S/c1-12(2,3)22-11(19)17-6-5-9(8(7-17)10(18)21-4)23-24(20)13(14,15)16/h5-7H2,1-4H3. The maximum Gasteiger partial charge on any atom is 0.508 e. The Hall–Kier alpha value is -1.78. The molecule has 1 unspecified atom stereocenters. The highest BCUT2D eigenvalue weighted by molar-refractivity contribution is 7.81. The molecule has 1 atom stereocenters. The van der Waals surface area contributed by atoms with E-state index in [1.165, 1.54) is 0 Å². The van der Waals surface area contributed by atoms with Crippen molar-refractivity contribution in [1.82, 2.24) is 4.90 Å². The first-order valence-corrected chi connectivity index (χ1v) is 7.88. The monoisotopic (exact) mass is 373 g/mol. The van der Waals surface area contributed by atoms with Crippen LogP contribution < -0.4 is 0 Å². The zero-order valence-electron chi connectivity index (χ0n) is 13.6. The van der Waals surface area contributed by atoms with Gasteiger partial charge in [0.1, 0.15) is 11.4 Å². The zero-order chi connectivity index (χ0) is 18.7. The fourth-order valence-electron chi connectivity index (χ4n) is 1.76. The molecule has 1 aliphatic rings. The van der Waals surface area contributed by atoms with E-state index in [4.69, 9.17) is 4.74 Å². The molecule has 0 fully saturated rings. The minimum absolute atomic E-state index is 0.0558. The van der Waals surface area contributed by atoms with Crippen LogP contribution in [-0.2, 0) is 29.5 Å². The number of hydrogen-bond acceptors (Lipinski definition) is 6. The Morgan fingerprint density at radius 2 is 1.79 bits per heavy atom. The molecule has 0 aromatic carbocycles. The number of esters is 1. The number of nitrogens with zero attached hydrogens (tertiary/aromatic N) is 1. The van der Waals surface area contributed by atoms with Crippen LogP contribution in [0.1, 0.15) is 27.2 Å². The molecule has 1 amide bonds. The predicted molar refractivity (Wildman–Crippen MR) is 76.7 cm³/mol. The van der Waals surface area contributed by atoms with Gasteiger partial charge in [0.25, 0.3) is 0 Å². The minimum atomic E-state index is -5.09. The molecular formula is C13H18F3NO6S. The van der Waals surface area contributed by atoms with Crippen molar-refractivity contribution in [1.29, 1.82) is 0 Å². The lowest BCUT2D eigenvalue weighted by Crippen LogP contribution is -2.42. The van der Waals surface area contributed by atoms with E-state index >= 15 is 0 Å². The van der Waals surface area contributed by atoms with Crippen LogP contribution in [0.15, 0.2) is 11.3 Å². The summed E-state index contributed by atoms with van der Waals surface area (Å²) in [5.41, 5.74) is -6.18. The van der Waals surface area contributed by atoms with Crippen LogP contribution in [0.5, 0.6) is 0 Å². The second kappa shape index (κ2) is 7.41. The number of amides is 1. The van der Waals surface area contributed by atoms with Crippen molar-refractivity contribution in [2.45, 2.75) is 38.3 Å². The van der Waals surface area contributed by atoms with Crippen molar-refractivity contribution in [2.24, 2.45) is 0 Å². The summed E-state index contributed by atoms with van der Waals surface area (Å²) in [5.74, 6) is -1.39. The number of halogens is 3. The average Bonchev–Trinajstić information content (AvgIpc) is 2.43. The quantitative estimate of drug-likeness (QED) is 0.706. The molecule has 0 aromatic rings. The van der Waals surface area contributed by atoms with Crippen molar-refractivity contribution in [2.75, 3.05) is 20.2 Å². The Morgan fingerprint density at radius 1 is 1.21 bits per heavy atom. The number of rotatable bonds is 3. The van der Waals surface area contributed by atoms with Crippen molar-refractivity contribution in [3.05, 3.63) is 11.3 Å². The van der Waals surface area contributed by atoms with Crippen LogP contribution in [0, 0.1) is 0 Å². The van der Waals surface area contributed by atoms with E-state index in [-0.39, 0.29) is 25.1 Å². The molecule has 0 saturated heterocycles. The maximum atomic E-state index is 12.4. The van der Waals surface area contributed by atoms with Crippen molar-refractivity contribution >= 4 is 23.1 Å². The summed E-state index contributed by atoms with van der Waals surface area (Å²) in [6.45, 7) is 4.51. The predicted octanol–water partition coefficient (Wildman–Crippen LogP) is 2.25. The Balaban J connectivity index is 2.99. The molecule has 0 spiro atoms. The van der Waals surface area contributed by atoms with Gasteiger partial charge in [-0.15, -0.1) is 0 Å². The van der Waals surface area contributed by atoms with E-state index in [1.807, 2.05) is 0 Å². The lowest BCUT2D eigenvalue weighted by molar-refractivity contribution is -0.136. The summed E-state index contributed by atoms with van der Waals surface area (Å²) in [6, 6.07) is 0. The molecule has 0 radical (unpaired) electrons. The molecule has 0 N–H and O–H groups in total. The van der Waals surface area contributed by atoms with Gasteiger partial charge in [0.05, 0.1) is 19.2 Å². The number of alkyl halides is 3. The van der Waals surface area contributed by atoms with Gasteiger partial charge in [-0.25, -0.2) is 13.8 Å². The van der Waals surface area contributed by atoms with Crippen LogP contribution in [0.3, 0.4) is 0 Å². The molecule has 11 heteroatoms. The van der Waals surface area contributed by atoms with Gasteiger partial charge < -0.3 is 18.6 Å². The molecule has 7 nitrogen and oxygen atoms in total. The van der Waals surface area contributed by atoms with Gasteiger partial charge in [-0.3, -0.25) is 0 Å². The number of carbonyl (C=O) groups excluding carboxylic acids is 2. The van der Waals surface area contributed by atoms with Crippen LogP contribution in [0.4, 0.5) is 18.0 Å². The van der Waals surface area contributed by atoms with Crippen LogP contribution >= 0.6 is 0 Å². The summed E-state index contributed by atoms with van der Waals surface area (Å²) in [6.07, 6.45) is -0.967. The third-order valence-electron chi connectivity index (χ3n) is 2.74. The number of methoxy groups -OCH3 is 1. The number of carbonyl (C=O) groups is 2. The van der Waals surface area contributed by atoms with Gasteiger partial charge in [0.2, 0.25) is 0 Å².